The Labute approximate surface area is 438 Å². The van der Waals surface area contributed by atoms with Crippen LogP contribution in [0.25, 0.3) is 40.5 Å². The van der Waals surface area contributed by atoms with Gasteiger partial charge in [0.1, 0.15) is 0 Å². The molecule has 0 fully saturated rings. The zero-order valence-corrected chi connectivity index (χ0v) is 47.2. The normalized spacial score (nSPS) is 15.7. The Bertz CT molecular complexity index is 2670. The van der Waals surface area contributed by atoms with Crippen molar-refractivity contribution in [3.05, 3.63) is 169 Å². The van der Waals surface area contributed by atoms with Crippen LogP contribution in [0.4, 0.5) is 0 Å². The van der Waals surface area contributed by atoms with E-state index in [1.165, 1.54) is 6.42 Å². The van der Waals surface area contributed by atoms with Gasteiger partial charge in [0.2, 0.25) is 0 Å². The van der Waals surface area contributed by atoms with Crippen molar-refractivity contribution in [1.82, 2.24) is 0 Å². The van der Waals surface area contributed by atoms with Gasteiger partial charge in [-0.2, -0.15) is 0 Å². The second-order valence-corrected chi connectivity index (χ2v) is 21.1. The van der Waals surface area contributed by atoms with Crippen LogP contribution in [0, 0.1) is 23.7 Å². The molecule has 0 aromatic heterocycles. The Morgan fingerprint density at radius 1 is 0.557 bits per heavy atom. The summed E-state index contributed by atoms with van der Waals surface area (Å²) >= 11 is 7.04. The monoisotopic (exact) mass is 1070 g/mol. The van der Waals surface area contributed by atoms with Crippen LogP contribution in [0.5, 0.6) is 23.0 Å². The van der Waals surface area contributed by atoms with Gasteiger partial charge in [0.05, 0.1) is 25.2 Å². The van der Waals surface area contributed by atoms with Crippen LogP contribution in [0.1, 0.15) is 148 Å². The van der Waals surface area contributed by atoms with Crippen molar-refractivity contribution in [2.75, 3.05) is 19.8 Å². The number of rotatable bonds is 19. The molecule has 0 bridgehead atoms. The largest absolute Gasteiger partial charge is 0.504 e. The molecule has 7 rings (SSSR count). The van der Waals surface area contributed by atoms with E-state index in [-0.39, 0.29) is 5.75 Å². The lowest BCUT2D eigenvalue weighted by molar-refractivity contribution is 0.217. The van der Waals surface area contributed by atoms with Crippen molar-refractivity contribution in [1.29, 1.82) is 0 Å². The van der Waals surface area contributed by atoms with Gasteiger partial charge in [-0.1, -0.05) is 213 Å². The zero-order valence-electron chi connectivity index (χ0n) is 44.0. The molecule has 0 saturated carbocycles. The van der Waals surface area contributed by atoms with Gasteiger partial charge >= 0.3 is 0 Å². The molecule has 0 radical (unpaired) electrons. The molecule has 0 saturated heterocycles. The maximum Gasteiger partial charge on any atom is 0.161 e. The third-order valence-corrected chi connectivity index (χ3v) is 14.3. The summed E-state index contributed by atoms with van der Waals surface area (Å²) in [4.78, 5) is 0. The number of phenols is 1. The lowest BCUT2D eigenvalue weighted by atomic mass is 9.70. The van der Waals surface area contributed by atoms with Crippen LogP contribution < -0.4 is 14.2 Å². The van der Waals surface area contributed by atoms with Gasteiger partial charge in [0.25, 0.3) is 0 Å². The Morgan fingerprint density at radius 2 is 0.986 bits per heavy atom. The number of phenolic OH excluding ortho intramolecular Hbond substituents is 1. The number of benzene rings is 5. The molecular weight excluding hydrogens is 993 g/mol. The first kappa shape index (κ1) is 55.9. The summed E-state index contributed by atoms with van der Waals surface area (Å²) in [5, 5.41) is 12.0. The molecule has 0 amide bonds. The quantitative estimate of drug-likeness (QED) is 0.0648. The fraction of sp³-hybridized carbons (Fsp3) is 0.375. The van der Waals surface area contributed by atoms with Crippen molar-refractivity contribution in [2.24, 2.45) is 23.7 Å². The highest BCUT2D eigenvalue weighted by Gasteiger charge is 2.53. The second-order valence-electron chi connectivity index (χ2n) is 19.1. The predicted molar refractivity (Wildman–Crippen MR) is 309 cm³/mol. The molecule has 0 heterocycles. The fourth-order valence-corrected chi connectivity index (χ4v) is 8.67. The number of allylic oxidation sites excluding steroid dienone is 6. The van der Waals surface area contributed by atoms with Crippen molar-refractivity contribution >= 4 is 50.1 Å². The molecule has 1 spiro atoms. The van der Waals surface area contributed by atoms with Crippen LogP contribution in [0.2, 0.25) is 0 Å². The van der Waals surface area contributed by atoms with Gasteiger partial charge in [-0.05, 0) is 152 Å². The highest BCUT2D eigenvalue weighted by Crippen LogP contribution is 2.65. The zero-order chi connectivity index (χ0) is 51.1. The van der Waals surface area contributed by atoms with E-state index in [1.807, 2.05) is 32.9 Å². The highest BCUT2D eigenvalue weighted by molar-refractivity contribution is 9.11. The Kier molecular flexibility index (Phi) is 21.1. The van der Waals surface area contributed by atoms with Crippen LogP contribution in [-0.4, -0.2) is 24.9 Å². The molecule has 6 heteroatoms. The lowest BCUT2D eigenvalue weighted by Gasteiger charge is -2.31. The molecular formula is C64H78Br2O4. The summed E-state index contributed by atoms with van der Waals surface area (Å²) in [6, 6.07) is 30.4. The van der Waals surface area contributed by atoms with Crippen molar-refractivity contribution in [3.63, 3.8) is 0 Å². The van der Waals surface area contributed by atoms with E-state index < -0.39 is 5.41 Å². The van der Waals surface area contributed by atoms with Crippen LogP contribution in [0.15, 0.2) is 130 Å². The van der Waals surface area contributed by atoms with Crippen molar-refractivity contribution in [2.45, 2.75) is 114 Å². The Morgan fingerprint density at radius 3 is 1.47 bits per heavy atom. The SMILES string of the molecule is C=C(Br)\C=C/C(=C\C)/C=C/c1ccc2c(c1)C1(c3cc(/C=C/c4ccc(Br)cc4)ccc3-2)c2cc(O)c(OCC(C)CC)cc2-c2cc(OCC(C)CC)c(OCC(C)CC)cc21.CC.CCC(C)C. The van der Waals surface area contributed by atoms with Gasteiger partial charge < -0.3 is 19.3 Å². The third-order valence-electron chi connectivity index (χ3n) is 13.5. The van der Waals surface area contributed by atoms with E-state index in [0.29, 0.717) is 43.3 Å². The molecule has 2 aliphatic rings. The molecule has 4 unspecified atom stereocenters. The number of halogens is 2. The number of aromatic hydroxyl groups is 1. The molecule has 0 aliphatic heterocycles. The van der Waals surface area contributed by atoms with E-state index in [2.05, 4.69) is 216 Å². The minimum absolute atomic E-state index is 0.126. The summed E-state index contributed by atoms with van der Waals surface area (Å²) in [5.74, 6) is 4.03. The summed E-state index contributed by atoms with van der Waals surface area (Å²) in [7, 11) is 0. The topological polar surface area (TPSA) is 47.9 Å². The van der Waals surface area contributed by atoms with Gasteiger partial charge in [-0.15, -0.1) is 0 Å². The van der Waals surface area contributed by atoms with E-state index in [9.17, 15) is 5.11 Å². The number of hydrogen-bond donors (Lipinski definition) is 1. The molecule has 1 N–H and O–H groups in total. The minimum Gasteiger partial charge on any atom is -0.504 e. The molecule has 4 nitrogen and oxygen atoms in total. The first-order chi connectivity index (χ1) is 33.7. The maximum atomic E-state index is 12.0. The van der Waals surface area contributed by atoms with E-state index in [4.69, 9.17) is 14.2 Å². The summed E-state index contributed by atoms with van der Waals surface area (Å²) in [5.41, 5.74) is 12.3. The Hall–Kier alpha value is -5.04. The van der Waals surface area contributed by atoms with Gasteiger partial charge in [0.15, 0.2) is 23.0 Å². The molecule has 70 heavy (non-hydrogen) atoms. The predicted octanol–water partition coefficient (Wildman–Crippen LogP) is 19.4. The van der Waals surface area contributed by atoms with Crippen molar-refractivity contribution in [3.8, 4) is 45.3 Å². The van der Waals surface area contributed by atoms with Crippen LogP contribution in [-0.2, 0) is 5.41 Å². The first-order valence-corrected chi connectivity index (χ1v) is 27.3. The lowest BCUT2D eigenvalue weighted by Crippen LogP contribution is -2.26. The standard InChI is InChI=1S/C57H60Br2O4.C5H12.C2H6/c1-9-36(5)33-61-54-29-47-48-30-55(62-34-37(6)10-2)56(63-35-38(7)11-3)32-52(48)57(51(47)31-53(54)60)49-27-42(17-15-40(12-4)14-13-39(8)58)21-25-45(49)46-26-22-43(28-50(46)57)18-16-41-19-23-44(59)24-20-41;1-4-5(2)3;1-2/h12-32,36-38,60H,8-11,33-35H2,1-7H3;5H,4H2,1-3H3;1-2H3/b14-13-,17-15+,18-16+,40-12+;;. The van der Waals surface area contributed by atoms with E-state index in [0.717, 1.165) is 112 Å². The van der Waals surface area contributed by atoms with E-state index >= 15 is 0 Å². The minimum atomic E-state index is -0.811. The molecule has 2 aliphatic carbocycles. The molecule has 5 aromatic rings. The summed E-state index contributed by atoms with van der Waals surface area (Å²) in [6.07, 6.45) is 19.1. The van der Waals surface area contributed by atoms with Gasteiger partial charge in [-0.3, -0.25) is 0 Å². The second kappa shape index (κ2) is 26.4. The van der Waals surface area contributed by atoms with Crippen LogP contribution in [0.3, 0.4) is 0 Å². The average Bonchev–Trinajstić information content (AvgIpc) is 3.81. The highest BCUT2D eigenvalue weighted by atomic mass is 79.9. The van der Waals surface area contributed by atoms with Gasteiger partial charge in [0, 0.05) is 8.96 Å². The fourth-order valence-electron chi connectivity index (χ4n) is 8.27. The number of ether oxygens (including phenoxy) is 3. The third kappa shape index (κ3) is 13.3. The van der Waals surface area contributed by atoms with Crippen LogP contribution >= 0.6 is 31.9 Å². The molecule has 4 atom stereocenters. The molecule has 372 valence electrons. The maximum absolute atomic E-state index is 12.0. The van der Waals surface area contributed by atoms with Crippen molar-refractivity contribution < 1.29 is 19.3 Å². The first-order valence-electron chi connectivity index (χ1n) is 25.7. The molecule has 5 aromatic carbocycles. The Balaban J connectivity index is 0.00000123. The summed E-state index contributed by atoms with van der Waals surface area (Å²) in [6.45, 7) is 31.5. The summed E-state index contributed by atoms with van der Waals surface area (Å²) < 4.78 is 21.8. The average molecular weight is 1070 g/mol. The smallest absolute Gasteiger partial charge is 0.161 e. The number of hydrogen-bond acceptors (Lipinski definition) is 4. The number of fused-ring (bicyclic) bond motifs is 10. The van der Waals surface area contributed by atoms with E-state index in [1.54, 1.807) is 0 Å². The van der Waals surface area contributed by atoms with Gasteiger partial charge in [-0.25, -0.2) is 0 Å².